The highest BCUT2D eigenvalue weighted by Gasteiger charge is 2.27. The molecule has 0 unspecified atom stereocenters. The van der Waals surface area contributed by atoms with Crippen LogP contribution in [0.2, 0.25) is 0 Å². The Balaban J connectivity index is 1.77. The van der Waals surface area contributed by atoms with E-state index >= 15 is 0 Å². The summed E-state index contributed by atoms with van der Waals surface area (Å²) in [6, 6.07) is 10.2. The highest BCUT2D eigenvalue weighted by atomic mass is 79.9. The third-order valence-electron chi connectivity index (χ3n) is 3.63. The first-order valence-electron chi connectivity index (χ1n) is 7.01. The number of amides is 1. The second-order valence-corrected chi connectivity index (χ2v) is 6.49. The second kappa shape index (κ2) is 5.56. The molecule has 0 spiro atoms. The lowest BCUT2D eigenvalue weighted by Gasteiger charge is -2.13. The maximum absolute atomic E-state index is 12.4. The lowest BCUT2D eigenvalue weighted by Crippen LogP contribution is -2.16. The maximum atomic E-state index is 12.4. The zero-order valence-electron chi connectivity index (χ0n) is 12.1. The molecular formula is C16H18BrN3O. The molecule has 1 amide bonds. The summed E-state index contributed by atoms with van der Waals surface area (Å²) in [5.41, 5.74) is 2.63. The highest BCUT2D eigenvalue weighted by molar-refractivity contribution is 9.10. The molecule has 5 heteroatoms. The van der Waals surface area contributed by atoms with Gasteiger partial charge < -0.3 is 14.8 Å². The zero-order valence-corrected chi connectivity index (χ0v) is 13.7. The first-order chi connectivity index (χ1) is 10.0. The number of benzene rings is 1. The molecule has 0 bridgehead atoms. The third kappa shape index (κ3) is 3.13. The topological polar surface area (TPSA) is 37.3 Å². The number of nitrogens with zero attached hydrogens (tertiary/aromatic N) is 2. The smallest absolute Gasteiger partial charge is 0.272 e. The van der Waals surface area contributed by atoms with E-state index < -0.39 is 0 Å². The fraction of sp³-hybridized carbons (Fsp3) is 0.312. The molecular weight excluding hydrogens is 330 g/mol. The van der Waals surface area contributed by atoms with Gasteiger partial charge in [0.1, 0.15) is 5.69 Å². The van der Waals surface area contributed by atoms with Crippen molar-refractivity contribution in [2.24, 2.45) is 0 Å². The van der Waals surface area contributed by atoms with Crippen molar-refractivity contribution in [3.63, 3.8) is 0 Å². The molecule has 0 radical (unpaired) electrons. The summed E-state index contributed by atoms with van der Waals surface area (Å²) in [7, 11) is 3.99. The lowest BCUT2D eigenvalue weighted by molar-refractivity contribution is 0.101. The number of aromatic nitrogens is 1. The van der Waals surface area contributed by atoms with E-state index in [0.717, 1.165) is 28.7 Å². The van der Waals surface area contributed by atoms with Gasteiger partial charge in [0.2, 0.25) is 0 Å². The SMILES string of the molecule is CN(C)c1ccc(NC(=O)c2cc(Br)cn2C2CC2)cc1. The van der Waals surface area contributed by atoms with Gasteiger partial charge in [0, 0.05) is 42.2 Å². The van der Waals surface area contributed by atoms with Gasteiger partial charge in [-0.3, -0.25) is 4.79 Å². The van der Waals surface area contributed by atoms with Crippen LogP contribution in [0.15, 0.2) is 41.0 Å². The van der Waals surface area contributed by atoms with Crippen LogP contribution < -0.4 is 10.2 Å². The molecule has 1 heterocycles. The van der Waals surface area contributed by atoms with Gasteiger partial charge in [-0.05, 0) is 59.1 Å². The summed E-state index contributed by atoms with van der Waals surface area (Å²) in [5, 5.41) is 2.96. The van der Waals surface area contributed by atoms with Crippen LogP contribution in [0.25, 0.3) is 0 Å². The molecule has 0 atom stereocenters. The van der Waals surface area contributed by atoms with Crippen LogP contribution in [0.4, 0.5) is 11.4 Å². The first-order valence-corrected chi connectivity index (χ1v) is 7.80. The van der Waals surface area contributed by atoms with Crippen LogP contribution in [-0.4, -0.2) is 24.6 Å². The Labute approximate surface area is 132 Å². The van der Waals surface area contributed by atoms with Crippen molar-refractivity contribution in [3.05, 3.63) is 46.7 Å². The Kier molecular flexibility index (Phi) is 3.76. The maximum Gasteiger partial charge on any atom is 0.272 e. The first kappa shape index (κ1) is 14.2. The van der Waals surface area contributed by atoms with Gasteiger partial charge in [0.15, 0.2) is 0 Å². The summed E-state index contributed by atoms with van der Waals surface area (Å²) in [6.07, 6.45) is 4.29. The van der Waals surface area contributed by atoms with Gasteiger partial charge in [-0.1, -0.05) is 0 Å². The number of carbonyl (C=O) groups excluding carboxylic acids is 1. The average Bonchev–Trinajstić information content (AvgIpc) is 3.22. The standard InChI is InChI=1S/C16H18BrN3O/c1-19(2)13-5-3-12(4-6-13)18-16(21)15-9-11(17)10-20(15)14-7-8-14/h3-6,9-10,14H,7-8H2,1-2H3,(H,18,21). The molecule has 3 rings (SSSR count). The minimum absolute atomic E-state index is 0.0646. The summed E-state index contributed by atoms with van der Waals surface area (Å²) in [6.45, 7) is 0. The van der Waals surface area contributed by atoms with Crippen molar-refractivity contribution >= 4 is 33.2 Å². The van der Waals surface area contributed by atoms with Crippen molar-refractivity contribution in [3.8, 4) is 0 Å². The largest absolute Gasteiger partial charge is 0.378 e. The zero-order chi connectivity index (χ0) is 15.0. The number of hydrogen-bond donors (Lipinski definition) is 1. The van der Waals surface area contributed by atoms with Crippen LogP contribution in [0.1, 0.15) is 29.4 Å². The fourth-order valence-electron chi connectivity index (χ4n) is 2.32. The Morgan fingerprint density at radius 3 is 2.52 bits per heavy atom. The molecule has 1 N–H and O–H groups in total. The highest BCUT2D eigenvalue weighted by Crippen LogP contribution is 2.37. The van der Waals surface area contributed by atoms with E-state index in [9.17, 15) is 4.79 Å². The third-order valence-corrected chi connectivity index (χ3v) is 4.06. The molecule has 21 heavy (non-hydrogen) atoms. The number of nitrogens with one attached hydrogen (secondary N) is 1. The van der Waals surface area contributed by atoms with E-state index in [1.165, 1.54) is 0 Å². The Morgan fingerprint density at radius 2 is 1.95 bits per heavy atom. The number of hydrogen-bond acceptors (Lipinski definition) is 2. The van der Waals surface area contributed by atoms with E-state index in [2.05, 4.69) is 25.8 Å². The molecule has 0 saturated heterocycles. The molecule has 1 aliphatic carbocycles. The van der Waals surface area contributed by atoms with E-state index in [0.29, 0.717) is 11.7 Å². The van der Waals surface area contributed by atoms with Gasteiger partial charge in [-0.15, -0.1) is 0 Å². The molecule has 110 valence electrons. The molecule has 4 nitrogen and oxygen atoms in total. The van der Waals surface area contributed by atoms with E-state index in [-0.39, 0.29) is 5.91 Å². The second-order valence-electron chi connectivity index (χ2n) is 5.58. The van der Waals surface area contributed by atoms with Gasteiger partial charge in [-0.25, -0.2) is 0 Å². The minimum Gasteiger partial charge on any atom is -0.378 e. The summed E-state index contributed by atoms with van der Waals surface area (Å²) in [5.74, 6) is -0.0646. The van der Waals surface area contributed by atoms with Crippen LogP contribution in [0, 0.1) is 0 Å². The molecule has 1 aliphatic rings. The van der Waals surface area contributed by atoms with Crippen LogP contribution in [0.5, 0.6) is 0 Å². The van der Waals surface area contributed by atoms with E-state index in [4.69, 9.17) is 0 Å². The quantitative estimate of drug-likeness (QED) is 0.910. The predicted molar refractivity (Wildman–Crippen MR) is 89.1 cm³/mol. The Hall–Kier alpha value is -1.75. The number of rotatable bonds is 4. The molecule has 1 aromatic heterocycles. The van der Waals surface area contributed by atoms with Gasteiger partial charge in [-0.2, -0.15) is 0 Å². The van der Waals surface area contributed by atoms with E-state index in [1.807, 2.05) is 55.5 Å². The van der Waals surface area contributed by atoms with Crippen LogP contribution in [0.3, 0.4) is 0 Å². The number of carbonyl (C=O) groups is 1. The van der Waals surface area contributed by atoms with Gasteiger partial charge in [0.05, 0.1) is 0 Å². The Bertz CT molecular complexity index is 657. The van der Waals surface area contributed by atoms with E-state index in [1.54, 1.807) is 0 Å². The Morgan fingerprint density at radius 1 is 1.29 bits per heavy atom. The van der Waals surface area contributed by atoms with Crippen molar-refractivity contribution in [1.82, 2.24) is 4.57 Å². The van der Waals surface area contributed by atoms with Crippen molar-refractivity contribution < 1.29 is 4.79 Å². The van der Waals surface area contributed by atoms with Crippen molar-refractivity contribution in [1.29, 1.82) is 0 Å². The average molecular weight is 348 g/mol. The number of halogens is 1. The molecule has 0 aliphatic heterocycles. The van der Waals surface area contributed by atoms with Gasteiger partial charge >= 0.3 is 0 Å². The molecule has 1 fully saturated rings. The molecule has 1 aromatic carbocycles. The molecule has 2 aromatic rings. The van der Waals surface area contributed by atoms with Crippen molar-refractivity contribution in [2.75, 3.05) is 24.3 Å². The molecule has 1 saturated carbocycles. The lowest BCUT2D eigenvalue weighted by atomic mass is 10.2. The minimum atomic E-state index is -0.0646. The van der Waals surface area contributed by atoms with Gasteiger partial charge in [0.25, 0.3) is 5.91 Å². The van der Waals surface area contributed by atoms with Crippen molar-refractivity contribution in [2.45, 2.75) is 18.9 Å². The number of anilines is 2. The normalized spacial score (nSPS) is 14.0. The summed E-state index contributed by atoms with van der Waals surface area (Å²) >= 11 is 3.45. The summed E-state index contributed by atoms with van der Waals surface area (Å²) < 4.78 is 3.01. The van der Waals surface area contributed by atoms with Crippen LogP contribution in [-0.2, 0) is 0 Å². The fourth-order valence-corrected chi connectivity index (χ4v) is 2.76. The van der Waals surface area contributed by atoms with Crippen LogP contribution >= 0.6 is 15.9 Å². The predicted octanol–water partition coefficient (Wildman–Crippen LogP) is 3.90. The summed E-state index contributed by atoms with van der Waals surface area (Å²) in [4.78, 5) is 14.5. The monoisotopic (exact) mass is 347 g/mol.